The number of ether oxygens (including phenoxy) is 1. The minimum absolute atomic E-state index is 0.00417. The molecule has 7 heteroatoms. The molecule has 0 radical (unpaired) electrons. The topological polar surface area (TPSA) is 71.5 Å². The van der Waals surface area contributed by atoms with Crippen LogP contribution >= 0.6 is 0 Å². The maximum atomic E-state index is 12.6. The van der Waals surface area contributed by atoms with E-state index in [0.29, 0.717) is 25.6 Å². The van der Waals surface area contributed by atoms with E-state index in [2.05, 4.69) is 10.3 Å². The summed E-state index contributed by atoms with van der Waals surface area (Å²) in [6, 6.07) is 3.12. The summed E-state index contributed by atoms with van der Waals surface area (Å²) in [6.45, 7) is 3.87. The molecule has 6 nitrogen and oxygen atoms in total. The van der Waals surface area contributed by atoms with E-state index in [1.165, 1.54) is 16.6 Å². The summed E-state index contributed by atoms with van der Waals surface area (Å²) >= 11 is 0. The Labute approximate surface area is 120 Å². The van der Waals surface area contributed by atoms with Gasteiger partial charge in [0.05, 0.1) is 4.90 Å². The van der Waals surface area contributed by atoms with Crippen molar-refractivity contribution in [2.45, 2.75) is 30.7 Å². The molecule has 0 saturated carbocycles. The number of rotatable bonds is 5. The van der Waals surface area contributed by atoms with Crippen molar-refractivity contribution in [3.63, 3.8) is 0 Å². The lowest BCUT2D eigenvalue weighted by Gasteiger charge is -2.30. The highest BCUT2D eigenvalue weighted by atomic mass is 32.2. The number of pyridine rings is 1. The summed E-state index contributed by atoms with van der Waals surface area (Å²) in [4.78, 5) is 4.38. The van der Waals surface area contributed by atoms with Crippen LogP contribution < -0.4 is 5.32 Å². The normalized spacial score (nSPS) is 17.4. The Bertz CT molecular complexity index is 542. The molecular weight excluding hydrogens is 278 g/mol. The fourth-order valence-electron chi connectivity index (χ4n) is 2.26. The van der Waals surface area contributed by atoms with Crippen molar-refractivity contribution in [2.75, 3.05) is 32.1 Å². The molecule has 0 spiro atoms. The summed E-state index contributed by atoms with van der Waals surface area (Å²) < 4.78 is 32.0. The van der Waals surface area contributed by atoms with E-state index in [4.69, 9.17) is 4.74 Å². The van der Waals surface area contributed by atoms with Crippen molar-refractivity contribution in [3.05, 3.63) is 18.3 Å². The van der Waals surface area contributed by atoms with Crippen molar-refractivity contribution in [3.8, 4) is 0 Å². The molecule has 1 aromatic heterocycles. The Kier molecular flexibility index (Phi) is 4.95. The van der Waals surface area contributed by atoms with Crippen LogP contribution in [-0.2, 0) is 14.8 Å². The Hall–Kier alpha value is -1.18. The predicted octanol–water partition coefficient (Wildman–Crippen LogP) is 1.31. The van der Waals surface area contributed by atoms with Crippen LogP contribution in [0.1, 0.15) is 19.8 Å². The van der Waals surface area contributed by atoms with Crippen LogP contribution in [0, 0.1) is 0 Å². The largest absolute Gasteiger partial charge is 0.381 e. The Morgan fingerprint density at radius 1 is 1.45 bits per heavy atom. The van der Waals surface area contributed by atoms with Gasteiger partial charge in [-0.3, -0.25) is 0 Å². The average Bonchev–Trinajstić information content (AvgIpc) is 2.48. The number of nitrogens with zero attached hydrogens (tertiary/aromatic N) is 2. The lowest BCUT2D eigenvalue weighted by Crippen LogP contribution is -2.40. The van der Waals surface area contributed by atoms with Gasteiger partial charge in [0, 0.05) is 45.1 Å². The summed E-state index contributed by atoms with van der Waals surface area (Å²) in [5.74, 6) is 0.578. The molecule has 1 saturated heterocycles. The van der Waals surface area contributed by atoms with Gasteiger partial charge >= 0.3 is 0 Å². The molecule has 1 aliphatic rings. The third kappa shape index (κ3) is 3.28. The van der Waals surface area contributed by atoms with Gasteiger partial charge in [-0.2, -0.15) is 4.31 Å². The summed E-state index contributed by atoms with van der Waals surface area (Å²) in [5.41, 5.74) is 0. The second-order valence-electron chi connectivity index (χ2n) is 4.77. The molecule has 1 aromatic rings. The molecule has 0 unspecified atom stereocenters. The van der Waals surface area contributed by atoms with Gasteiger partial charge < -0.3 is 10.1 Å². The molecule has 0 aliphatic carbocycles. The number of aromatic nitrogens is 1. The maximum Gasteiger partial charge on any atom is 0.243 e. The molecule has 0 bridgehead atoms. The van der Waals surface area contributed by atoms with E-state index in [1.807, 2.05) is 6.92 Å². The highest BCUT2D eigenvalue weighted by molar-refractivity contribution is 7.89. The van der Waals surface area contributed by atoms with Crippen molar-refractivity contribution in [2.24, 2.45) is 0 Å². The van der Waals surface area contributed by atoms with E-state index >= 15 is 0 Å². The molecule has 1 fully saturated rings. The van der Waals surface area contributed by atoms with Gasteiger partial charge in [-0.25, -0.2) is 13.4 Å². The SMILES string of the molecule is CCNc1cc(S(=O)(=O)N(C)C2CCOCC2)ccn1. The number of anilines is 1. The quantitative estimate of drug-likeness (QED) is 0.887. The van der Waals surface area contributed by atoms with Gasteiger partial charge in [0.2, 0.25) is 10.0 Å². The summed E-state index contributed by atoms with van der Waals surface area (Å²) in [5, 5.41) is 3.02. The van der Waals surface area contributed by atoms with E-state index in [9.17, 15) is 8.42 Å². The monoisotopic (exact) mass is 299 g/mol. The van der Waals surface area contributed by atoms with Crippen molar-refractivity contribution < 1.29 is 13.2 Å². The fraction of sp³-hybridized carbons (Fsp3) is 0.615. The van der Waals surface area contributed by atoms with Crippen molar-refractivity contribution in [1.82, 2.24) is 9.29 Å². The van der Waals surface area contributed by atoms with Crippen LogP contribution in [0.15, 0.2) is 23.2 Å². The van der Waals surface area contributed by atoms with Crippen LogP contribution in [0.3, 0.4) is 0 Å². The molecule has 0 atom stereocenters. The highest BCUT2D eigenvalue weighted by Gasteiger charge is 2.29. The third-order valence-electron chi connectivity index (χ3n) is 3.47. The molecule has 0 aromatic carbocycles. The molecule has 0 amide bonds. The fourth-order valence-corrected chi connectivity index (χ4v) is 3.69. The Balaban J connectivity index is 2.22. The number of nitrogens with one attached hydrogen (secondary N) is 1. The van der Waals surface area contributed by atoms with Gasteiger partial charge in [0.15, 0.2) is 0 Å². The molecule has 2 heterocycles. The van der Waals surface area contributed by atoms with E-state index in [0.717, 1.165) is 12.8 Å². The van der Waals surface area contributed by atoms with Gasteiger partial charge in [0.25, 0.3) is 0 Å². The molecule has 1 N–H and O–H groups in total. The molecule has 1 aliphatic heterocycles. The first kappa shape index (κ1) is 15.2. The van der Waals surface area contributed by atoms with Crippen LogP contribution in [0.4, 0.5) is 5.82 Å². The zero-order valence-electron chi connectivity index (χ0n) is 11.9. The molecule has 2 rings (SSSR count). The standard InChI is InChI=1S/C13H21N3O3S/c1-3-14-13-10-12(4-7-15-13)20(17,18)16(2)11-5-8-19-9-6-11/h4,7,10-11H,3,5-6,8-9H2,1-2H3,(H,14,15). The lowest BCUT2D eigenvalue weighted by molar-refractivity contribution is 0.0632. The second-order valence-corrected chi connectivity index (χ2v) is 6.77. The van der Waals surface area contributed by atoms with Gasteiger partial charge in [-0.05, 0) is 25.8 Å². The zero-order valence-corrected chi connectivity index (χ0v) is 12.7. The van der Waals surface area contributed by atoms with E-state index in [-0.39, 0.29) is 10.9 Å². The Morgan fingerprint density at radius 2 is 2.15 bits per heavy atom. The van der Waals surface area contributed by atoms with Crippen LogP contribution in [0.2, 0.25) is 0 Å². The summed E-state index contributed by atoms with van der Waals surface area (Å²) in [6.07, 6.45) is 2.99. The van der Waals surface area contributed by atoms with Gasteiger partial charge in [-0.15, -0.1) is 0 Å². The molecule has 112 valence electrons. The maximum absolute atomic E-state index is 12.6. The molecular formula is C13H21N3O3S. The first-order valence-corrected chi connectivity index (χ1v) is 8.25. The highest BCUT2D eigenvalue weighted by Crippen LogP contribution is 2.22. The van der Waals surface area contributed by atoms with E-state index < -0.39 is 10.0 Å². The zero-order chi connectivity index (χ0) is 14.6. The van der Waals surface area contributed by atoms with Crippen LogP contribution in [-0.4, -0.2) is 50.6 Å². The van der Waals surface area contributed by atoms with Crippen LogP contribution in [0.5, 0.6) is 0 Å². The third-order valence-corrected chi connectivity index (χ3v) is 5.38. The minimum Gasteiger partial charge on any atom is -0.381 e. The van der Waals surface area contributed by atoms with E-state index in [1.54, 1.807) is 13.1 Å². The van der Waals surface area contributed by atoms with Gasteiger partial charge in [0.1, 0.15) is 5.82 Å². The number of sulfonamides is 1. The van der Waals surface area contributed by atoms with Crippen molar-refractivity contribution in [1.29, 1.82) is 0 Å². The first-order valence-electron chi connectivity index (χ1n) is 6.81. The van der Waals surface area contributed by atoms with Crippen molar-refractivity contribution >= 4 is 15.8 Å². The average molecular weight is 299 g/mol. The molecule has 20 heavy (non-hydrogen) atoms. The number of hydrogen-bond acceptors (Lipinski definition) is 5. The Morgan fingerprint density at radius 3 is 2.80 bits per heavy atom. The number of hydrogen-bond donors (Lipinski definition) is 1. The van der Waals surface area contributed by atoms with Gasteiger partial charge in [-0.1, -0.05) is 0 Å². The smallest absolute Gasteiger partial charge is 0.243 e. The minimum atomic E-state index is -3.48. The van der Waals surface area contributed by atoms with Crippen LogP contribution in [0.25, 0.3) is 0 Å². The lowest BCUT2D eigenvalue weighted by atomic mass is 10.1. The predicted molar refractivity (Wildman–Crippen MR) is 77.2 cm³/mol. The summed E-state index contributed by atoms with van der Waals surface area (Å²) in [7, 11) is -1.84. The first-order chi connectivity index (χ1) is 9.55. The second kappa shape index (κ2) is 6.51.